The van der Waals surface area contributed by atoms with Crippen molar-refractivity contribution in [3.05, 3.63) is 34.9 Å². The number of benzene rings is 1. The Kier molecular flexibility index (Phi) is 2.98. The van der Waals surface area contributed by atoms with Crippen molar-refractivity contribution in [2.24, 2.45) is 5.92 Å². The van der Waals surface area contributed by atoms with Crippen molar-refractivity contribution in [3.8, 4) is 0 Å². The zero-order valence-corrected chi connectivity index (χ0v) is 11.3. The van der Waals surface area contributed by atoms with Crippen molar-refractivity contribution in [1.82, 2.24) is 4.90 Å². The lowest BCUT2D eigenvalue weighted by Crippen LogP contribution is -2.40. The molecule has 3 rings (SSSR count). The van der Waals surface area contributed by atoms with Gasteiger partial charge >= 0.3 is 0 Å². The van der Waals surface area contributed by atoms with Crippen LogP contribution in [-0.4, -0.2) is 23.8 Å². The van der Waals surface area contributed by atoms with Gasteiger partial charge in [-0.2, -0.15) is 0 Å². The first-order valence-corrected chi connectivity index (χ1v) is 7.06. The van der Waals surface area contributed by atoms with Crippen LogP contribution in [0, 0.1) is 5.92 Å². The molecule has 0 N–H and O–H groups in total. The quantitative estimate of drug-likeness (QED) is 0.795. The zero-order chi connectivity index (χ0) is 12.7. The van der Waals surface area contributed by atoms with Gasteiger partial charge < -0.3 is 0 Å². The van der Waals surface area contributed by atoms with E-state index in [9.17, 15) is 4.79 Å². The molecule has 1 aliphatic heterocycles. The molecule has 1 unspecified atom stereocenters. The normalized spacial score (nSPS) is 23.3. The van der Waals surface area contributed by atoms with Crippen LogP contribution in [0.3, 0.4) is 0 Å². The second-order valence-corrected chi connectivity index (χ2v) is 5.99. The van der Waals surface area contributed by atoms with Gasteiger partial charge in [-0.15, -0.1) is 0 Å². The lowest BCUT2D eigenvalue weighted by atomic mass is 9.79. The molecule has 96 valence electrons. The predicted octanol–water partition coefficient (Wildman–Crippen LogP) is 3.22. The van der Waals surface area contributed by atoms with E-state index in [1.807, 2.05) is 12.1 Å². The maximum absolute atomic E-state index is 12.0. The highest BCUT2D eigenvalue weighted by molar-refractivity contribution is 5.99. The standard InChI is InChI=1S/C16H21NO/c1-11(2)10-17-9-8-12-4-3-5-13-15(18)7-6-14(17)16(12)13/h3-5,11,14H,6-10H2,1-2H3. The van der Waals surface area contributed by atoms with Crippen molar-refractivity contribution in [1.29, 1.82) is 0 Å². The summed E-state index contributed by atoms with van der Waals surface area (Å²) in [5.74, 6) is 1.03. The minimum atomic E-state index is 0.342. The summed E-state index contributed by atoms with van der Waals surface area (Å²) in [7, 11) is 0. The van der Waals surface area contributed by atoms with Gasteiger partial charge in [0.25, 0.3) is 0 Å². The molecule has 0 saturated carbocycles. The molecule has 0 saturated heterocycles. The fourth-order valence-electron chi connectivity index (χ4n) is 3.49. The van der Waals surface area contributed by atoms with Gasteiger partial charge in [0.15, 0.2) is 5.78 Å². The lowest BCUT2D eigenvalue weighted by Gasteiger charge is -2.41. The minimum absolute atomic E-state index is 0.342. The molecule has 0 radical (unpaired) electrons. The molecule has 0 bridgehead atoms. The molecule has 0 amide bonds. The summed E-state index contributed by atoms with van der Waals surface area (Å²) in [5.41, 5.74) is 3.75. The number of nitrogens with zero attached hydrogens (tertiary/aromatic N) is 1. The van der Waals surface area contributed by atoms with Crippen LogP contribution in [0.25, 0.3) is 0 Å². The molecule has 1 atom stereocenters. The number of rotatable bonds is 2. The van der Waals surface area contributed by atoms with Crippen molar-refractivity contribution >= 4 is 5.78 Å². The molecule has 2 heteroatoms. The van der Waals surface area contributed by atoms with E-state index in [0.29, 0.717) is 17.7 Å². The summed E-state index contributed by atoms with van der Waals surface area (Å²) in [6, 6.07) is 6.76. The van der Waals surface area contributed by atoms with Gasteiger partial charge in [0, 0.05) is 31.1 Å². The first-order valence-electron chi connectivity index (χ1n) is 7.06. The van der Waals surface area contributed by atoms with Crippen molar-refractivity contribution < 1.29 is 4.79 Å². The Morgan fingerprint density at radius 2 is 2.17 bits per heavy atom. The Morgan fingerprint density at radius 1 is 1.33 bits per heavy atom. The van der Waals surface area contributed by atoms with E-state index < -0.39 is 0 Å². The molecule has 1 aliphatic carbocycles. The molecule has 2 aliphatic rings. The fourth-order valence-corrected chi connectivity index (χ4v) is 3.49. The molecule has 0 spiro atoms. The van der Waals surface area contributed by atoms with Crippen molar-refractivity contribution in [2.45, 2.75) is 39.2 Å². The third-order valence-electron chi connectivity index (χ3n) is 4.18. The summed E-state index contributed by atoms with van der Waals surface area (Å²) >= 11 is 0. The van der Waals surface area contributed by atoms with Gasteiger partial charge in [-0.3, -0.25) is 9.69 Å². The number of Topliss-reactive ketones (excluding diaryl/α,β-unsaturated/α-hetero) is 1. The van der Waals surface area contributed by atoms with Crippen LogP contribution < -0.4 is 0 Å². The summed E-state index contributed by atoms with van der Waals surface area (Å²) in [6.45, 7) is 6.84. The molecular formula is C16H21NO. The highest BCUT2D eigenvalue weighted by Crippen LogP contribution is 2.39. The summed E-state index contributed by atoms with van der Waals surface area (Å²) in [4.78, 5) is 14.6. The van der Waals surface area contributed by atoms with E-state index in [-0.39, 0.29) is 0 Å². The average Bonchev–Trinajstić information content (AvgIpc) is 2.35. The Hall–Kier alpha value is -1.15. The van der Waals surface area contributed by atoms with Crippen LogP contribution >= 0.6 is 0 Å². The number of carbonyl (C=O) groups excluding carboxylic acids is 1. The fraction of sp³-hybridized carbons (Fsp3) is 0.562. The highest BCUT2D eigenvalue weighted by atomic mass is 16.1. The van der Waals surface area contributed by atoms with E-state index in [2.05, 4.69) is 24.8 Å². The largest absolute Gasteiger partial charge is 0.296 e. The maximum atomic E-state index is 12.0. The first-order chi connectivity index (χ1) is 8.66. The smallest absolute Gasteiger partial charge is 0.163 e. The van der Waals surface area contributed by atoms with E-state index in [0.717, 1.165) is 37.9 Å². The maximum Gasteiger partial charge on any atom is 0.163 e. The van der Waals surface area contributed by atoms with E-state index in [1.165, 1.54) is 11.1 Å². The third-order valence-corrected chi connectivity index (χ3v) is 4.18. The van der Waals surface area contributed by atoms with Crippen LogP contribution in [0.4, 0.5) is 0 Å². The van der Waals surface area contributed by atoms with Crippen LogP contribution in [0.5, 0.6) is 0 Å². The third kappa shape index (κ3) is 1.89. The molecular weight excluding hydrogens is 222 g/mol. The van der Waals surface area contributed by atoms with Crippen LogP contribution in [0.15, 0.2) is 18.2 Å². The Balaban J connectivity index is 2.01. The van der Waals surface area contributed by atoms with E-state index in [4.69, 9.17) is 0 Å². The van der Waals surface area contributed by atoms with Gasteiger partial charge in [-0.05, 0) is 29.9 Å². The summed E-state index contributed by atoms with van der Waals surface area (Å²) in [5, 5.41) is 0. The highest BCUT2D eigenvalue weighted by Gasteiger charge is 2.34. The van der Waals surface area contributed by atoms with E-state index in [1.54, 1.807) is 0 Å². The van der Waals surface area contributed by atoms with Crippen molar-refractivity contribution in [2.75, 3.05) is 13.1 Å². The summed E-state index contributed by atoms with van der Waals surface area (Å²) in [6.07, 6.45) is 2.82. The lowest BCUT2D eigenvalue weighted by molar-refractivity contribution is 0.0908. The van der Waals surface area contributed by atoms with Gasteiger partial charge in [0.05, 0.1) is 0 Å². The van der Waals surface area contributed by atoms with Gasteiger partial charge in [0.1, 0.15) is 0 Å². The monoisotopic (exact) mass is 243 g/mol. The Morgan fingerprint density at radius 3 is 2.94 bits per heavy atom. The Labute approximate surface area is 109 Å². The SMILES string of the molecule is CC(C)CN1CCc2cccc3c2C1CCC3=O. The number of carbonyl (C=O) groups is 1. The molecule has 1 heterocycles. The summed E-state index contributed by atoms with van der Waals surface area (Å²) < 4.78 is 0. The average molecular weight is 243 g/mol. The Bertz CT molecular complexity index is 478. The molecule has 2 nitrogen and oxygen atoms in total. The molecule has 0 fully saturated rings. The molecule has 1 aromatic rings. The van der Waals surface area contributed by atoms with Crippen LogP contribution in [-0.2, 0) is 6.42 Å². The first kappa shape index (κ1) is 11.9. The molecule has 0 aromatic heterocycles. The van der Waals surface area contributed by atoms with Gasteiger partial charge in [-0.1, -0.05) is 32.0 Å². The number of ketones is 1. The zero-order valence-electron chi connectivity index (χ0n) is 11.3. The number of hydrogen-bond acceptors (Lipinski definition) is 2. The van der Waals surface area contributed by atoms with Crippen molar-refractivity contribution in [3.63, 3.8) is 0 Å². The topological polar surface area (TPSA) is 20.3 Å². The van der Waals surface area contributed by atoms with Gasteiger partial charge in [-0.25, -0.2) is 0 Å². The van der Waals surface area contributed by atoms with E-state index >= 15 is 0 Å². The minimum Gasteiger partial charge on any atom is -0.296 e. The predicted molar refractivity (Wildman–Crippen MR) is 72.9 cm³/mol. The van der Waals surface area contributed by atoms with Gasteiger partial charge in [0.2, 0.25) is 0 Å². The second kappa shape index (κ2) is 4.51. The number of hydrogen-bond donors (Lipinski definition) is 0. The molecule has 18 heavy (non-hydrogen) atoms. The van der Waals surface area contributed by atoms with Crippen LogP contribution in [0.1, 0.15) is 54.2 Å². The van der Waals surface area contributed by atoms with Crippen LogP contribution in [0.2, 0.25) is 0 Å². The molecule has 1 aromatic carbocycles. The second-order valence-electron chi connectivity index (χ2n) is 5.99.